The molecule has 0 amide bonds. The summed E-state index contributed by atoms with van der Waals surface area (Å²) in [4.78, 5) is 4.96. The van der Waals surface area contributed by atoms with Crippen LogP contribution in [0.25, 0.3) is 0 Å². The average molecular weight is 246 g/mol. The summed E-state index contributed by atoms with van der Waals surface area (Å²) in [5.41, 5.74) is 9.52. The van der Waals surface area contributed by atoms with Crippen LogP contribution in [-0.4, -0.2) is 39.3 Å². The molecule has 0 atom stereocenters. The third-order valence-electron chi connectivity index (χ3n) is 3.90. The molecule has 2 saturated heterocycles. The van der Waals surface area contributed by atoms with E-state index in [4.69, 9.17) is 5.73 Å². The predicted octanol–water partition coefficient (Wildman–Crippen LogP) is 1.28. The highest BCUT2D eigenvalue weighted by molar-refractivity contribution is 5.75. The van der Waals surface area contributed by atoms with Crippen LogP contribution in [0.3, 0.4) is 0 Å². The fraction of sp³-hybridized carbons (Fsp3) is 0.571. The molecule has 2 heterocycles. The topological polar surface area (TPSA) is 44.5 Å². The Morgan fingerprint density at radius 2 is 1.56 bits per heavy atom. The molecule has 1 aromatic carbocycles. The fourth-order valence-electron chi connectivity index (χ4n) is 2.92. The van der Waals surface area contributed by atoms with E-state index in [0.717, 1.165) is 31.9 Å². The first-order valence-corrected chi connectivity index (χ1v) is 6.95. The van der Waals surface area contributed by atoms with Gasteiger partial charge in [0, 0.05) is 45.0 Å². The van der Waals surface area contributed by atoms with E-state index >= 15 is 0 Å². The summed E-state index contributed by atoms with van der Waals surface area (Å²) in [6.07, 6.45) is 2.60. The first-order chi connectivity index (χ1) is 8.84. The number of rotatable bonds is 2. The minimum absolute atomic E-state index is 0.871. The van der Waals surface area contributed by atoms with Crippen LogP contribution in [0.4, 0.5) is 17.1 Å². The van der Waals surface area contributed by atoms with Crippen molar-refractivity contribution < 1.29 is 0 Å². The zero-order valence-electron chi connectivity index (χ0n) is 10.9. The standard InChI is InChI=1S/C14H22N4/c15-12-3-4-13(18-9-5-16-6-10-18)14(11-12)17-7-1-2-8-17/h3-4,11,16H,1-2,5-10,15H2. The maximum absolute atomic E-state index is 5.97. The third kappa shape index (κ3) is 2.25. The van der Waals surface area contributed by atoms with Crippen LogP contribution in [0.1, 0.15) is 12.8 Å². The van der Waals surface area contributed by atoms with Gasteiger partial charge >= 0.3 is 0 Å². The molecule has 0 saturated carbocycles. The number of nitrogens with one attached hydrogen (secondary N) is 1. The largest absolute Gasteiger partial charge is 0.399 e. The van der Waals surface area contributed by atoms with Crippen molar-refractivity contribution in [2.45, 2.75) is 12.8 Å². The van der Waals surface area contributed by atoms with Crippen molar-refractivity contribution in [1.29, 1.82) is 0 Å². The van der Waals surface area contributed by atoms with E-state index in [2.05, 4.69) is 27.2 Å². The van der Waals surface area contributed by atoms with Crippen LogP contribution in [0.5, 0.6) is 0 Å². The van der Waals surface area contributed by atoms with Crippen molar-refractivity contribution in [3.63, 3.8) is 0 Å². The molecule has 1 aromatic rings. The van der Waals surface area contributed by atoms with Gasteiger partial charge in [-0.15, -0.1) is 0 Å². The molecule has 0 spiro atoms. The summed E-state index contributed by atoms with van der Waals surface area (Å²) < 4.78 is 0. The van der Waals surface area contributed by atoms with Gasteiger partial charge in [-0.25, -0.2) is 0 Å². The highest BCUT2D eigenvalue weighted by Crippen LogP contribution is 2.33. The van der Waals surface area contributed by atoms with Crippen LogP contribution in [-0.2, 0) is 0 Å². The van der Waals surface area contributed by atoms with E-state index in [1.54, 1.807) is 0 Å². The van der Waals surface area contributed by atoms with Gasteiger partial charge in [0.25, 0.3) is 0 Å². The Kier molecular flexibility index (Phi) is 3.28. The Morgan fingerprint density at radius 3 is 2.28 bits per heavy atom. The molecule has 2 fully saturated rings. The van der Waals surface area contributed by atoms with Crippen molar-refractivity contribution in [1.82, 2.24) is 5.32 Å². The van der Waals surface area contributed by atoms with Gasteiger partial charge in [-0.3, -0.25) is 0 Å². The van der Waals surface area contributed by atoms with Gasteiger partial charge in [-0.05, 0) is 31.0 Å². The predicted molar refractivity (Wildman–Crippen MR) is 77.4 cm³/mol. The molecule has 3 N–H and O–H groups in total. The fourth-order valence-corrected chi connectivity index (χ4v) is 2.92. The van der Waals surface area contributed by atoms with Crippen molar-refractivity contribution in [3.05, 3.63) is 18.2 Å². The summed E-state index contributed by atoms with van der Waals surface area (Å²) in [5.74, 6) is 0. The lowest BCUT2D eigenvalue weighted by molar-refractivity contribution is 0.589. The summed E-state index contributed by atoms with van der Waals surface area (Å²) in [5, 5.41) is 3.40. The van der Waals surface area contributed by atoms with Gasteiger partial charge in [-0.1, -0.05) is 0 Å². The SMILES string of the molecule is Nc1ccc(N2CCNCC2)c(N2CCCC2)c1. The molecule has 98 valence electrons. The normalized spacial score (nSPS) is 20.4. The second-order valence-electron chi connectivity index (χ2n) is 5.18. The molecule has 2 aliphatic heterocycles. The third-order valence-corrected chi connectivity index (χ3v) is 3.90. The van der Waals surface area contributed by atoms with E-state index in [1.165, 1.54) is 37.3 Å². The van der Waals surface area contributed by atoms with Crippen LogP contribution in [0, 0.1) is 0 Å². The van der Waals surface area contributed by atoms with Gasteiger partial charge in [0.2, 0.25) is 0 Å². The Hall–Kier alpha value is -1.42. The second kappa shape index (κ2) is 5.06. The van der Waals surface area contributed by atoms with Gasteiger partial charge < -0.3 is 20.9 Å². The molecule has 0 aliphatic carbocycles. The number of hydrogen-bond donors (Lipinski definition) is 2. The van der Waals surface area contributed by atoms with E-state index in [0.29, 0.717) is 0 Å². The van der Waals surface area contributed by atoms with Gasteiger partial charge in [-0.2, -0.15) is 0 Å². The zero-order chi connectivity index (χ0) is 12.4. The molecular formula is C14H22N4. The molecule has 4 nitrogen and oxygen atoms in total. The molecule has 4 heteroatoms. The van der Waals surface area contributed by atoms with Crippen molar-refractivity contribution in [2.75, 3.05) is 54.8 Å². The molecule has 0 unspecified atom stereocenters. The lowest BCUT2D eigenvalue weighted by Gasteiger charge is -2.33. The van der Waals surface area contributed by atoms with Gasteiger partial charge in [0.15, 0.2) is 0 Å². The number of nitrogen functional groups attached to an aromatic ring is 1. The smallest absolute Gasteiger partial charge is 0.0624 e. The first-order valence-electron chi connectivity index (χ1n) is 6.95. The van der Waals surface area contributed by atoms with Crippen LogP contribution in [0.15, 0.2) is 18.2 Å². The molecule has 0 aromatic heterocycles. The summed E-state index contributed by atoms with van der Waals surface area (Å²) in [6.45, 7) is 6.66. The van der Waals surface area contributed by atoms with Gasteiger partial charge in [0.1, 0.15) is 0 Å². The van der Waals surface area contributed by atoms with Crippen LogP contribution in [0.2, 0.25) is 0 Å². The quantitative estimate of drug-likeness (QED) is 0.772. The number of anilines is 3. The van der Waals surface area contributed by atoms with E-state index < -0.39 is 0 Å². The second-order valence-corrected chi connectivity index (χ2v) is 5.18. The Balaban J connectivity index is 1.91. The van der Waals surface area contributed by atoms with Crippen molar-refractivity contribution in [3.8, 4) is 0 Å². The molecule has 0 radical (unpaired) electrons. The monoisotopic (exact) mass is 246 g/mol. The van der Waals surface area contributed by atoms with Crippen LogP contribution >= 0.6 is 0 Å². The molecule has 3 rings (SSSR count). The molecule has 18 heavy (non-hydrogen) atoms. The molecule has 0 bridgehead atoms. The highest BCUT2D eigenvalue weighted by Gasteiger charge is 2.20. The summed E-state index contributed by atoms with van der Waals surface area (Å²) in [6, 6.07) is 6.36. The minimum atomic E-state index is 0.871. The summed E-state index contributed by atoms with van der Waals surface area (Å²) >= 11 is 0. The number of nitrogens with two attached hydrogens (primary N) is 1. The lowest BCUT2D eigenvalue weighted by Crippen LogP contribution is -2.44. The maximum Gasteiger partial charge on any atom is 0.0624 e. The number of piperazine rings is 1. The molecular weight excluding hydrogens is 224 g/mol. The Labute approximate surface area is 109 Å². The van der Waals surface area contributed by atoms with E-state index in [1.807, 2.05) is 6.07 Å². The Morgan fingerprint density at radius 1 is 0.889 bits per heavy atom. The first kappa shape index (κ1) is 11.7. The zero-order valence-corrected chi connectivity index (χ0v) is 10.9. The Bertz CT molecular complexity index is 406. The maximum atomic E-state index is 5.97. The van der Waals surface area contributed by atoms with Crippen LogP contribution < -0.4 is 20.9 Å². The van der Waals surface area contributed by atoms with E-state index in [-0.39, 0.29) is 0 Å². The van der Waals surface area contributed by atoms with Crippen molar-refractivity contribution >= 4 is 17.1 Å². The van der Waals surface area contributed by atoms with Crippen molar-refractivity contribution in [2.24, 2.45) is 0 Å². The molecule has 2 aliphatic rings. The number of hydrogen-bond acceptors (Lipinski definition) is 4. The number of nitrogens with zero attached hydrogens (tertiary/aromatic N) is 2. The van der Waals surface area contributed by atoms with E-state index in [9.17, 15) is 0 Å². The average Bonchev–Trinajstić information content (AvgIpc) is 2.93. The summed E-state index contributed by atoms with van der Waals surface area (Å²) in [7, 11) is 0. The minimum Gasteiger partial charge on any atom is -0.399 e. The number of benzene rings is 1. The van der Waals surface area contributed by atoms with Gasteiger partial charge in [0.05, 0.1) is 11.4 Å². The lowest BCUT2D eigenvalue weighted by atomic mass is 10.2. The highest BCUT2D eigenvalue weighted by atomic mass is 15.2.